The van der Waals surface area contributed by atoms with Crippen LogP contribution >= 0.6 is 11.6 Å². The molecular formula is C10H10ClN3O. The highest BCUT2D eigenvalue weighted by molar-refractivity contribution is 6.38. The number of hydrogen-bond acceptors (Lipinski definition) is 2. The van der Waals surface area contributed by atoms with Crippen LogP contribution in [-0.2, 0) is 11.8 Å². The Morgan fingerprint density at radius 2 is 2.27 bits per heavy atom. The number of carbonyl (C=O) groups excluding carboxylic acids is 1. The number of hydrogen-bond donors (Lipinski definition) is 1. The average Bonchev–Trinajstić information content (AvgIpc) is 2.51. The van der Waals surface area contributed by atoms with E-state index >= 15 is 0 Å². The lowest BCUT2D eigenvalue weighted by molar-refractivity contribution is -0.114. The van der Waals surface area contributed by atoms with Crippen molar-refractivity contribution in [2.75, 3.05) is 5.32 Å². The number of halogens is 1. The summed E-state index contributed by atoms with van der Waals surface area (Å²) in [4.78, 5) is 10.9. The Hall–Kier alpha value is -1.55. The van der Waals surface area contributed by atoms with E-state index in [1.54, 1.807) is 10.7 Å². The summed E-state index contributed by atoms with van der Waals surface area (Å²) in [5, 5.41) is 8.24. The molecule has 0 bridgehead atoms. The average molecular weight is 224 g/mol. The second-order valence-electron chi connectivity index (χ2n) is 3.34. The molecule has 0 unspecified atom stereocenters. The van der Waals surface area contributed by atoms with Crippen LogP contribution in [0.1, 0.15) is 6.92 Å². The molecule has 0 fully saturated rings. The maximum Gasteiger partial charge on any atom is 0.221 e. The van der Waals surface area contributed by atoms with Gasteiger partial charge in [0.2, 0.25) is 5.91 Å². The topological polar surface area (TPSA) is 46.9 Å². The molecule has 0 spiro atoms. The van der Waals surface area contributed by atoms with Crippen LogP contribution in [0.3, 0.4) is 0 Å². The summed E-state index contributed by atoms with van der Waals surface area (Å²) in [7, 11) is 1.83. The Kier molecular flexibility index (Phi) is 2.36. The van der Waals surface area contributed by atoms with Gasteiger partial charge in [0, 0.05) is 25.6 Å². The van der Waals surface area contributed by atoms with E-state index < -0.39 is 0 Å². The number of nitrogens with zero attached hydrogens (tertiary/aromatic N) is 2. The molecule has 0 atom stereocenters. The Morgan fingerprint density at radius 3 is 2.93 bits per heavy atom. The largest absolute Gasteiger partial charge is 0.325 e. The standard InChI is InChI=1S/C10H10ClN3O/c1-6(15)12-9-4-3-8-7(10(9)11)5-14(2)13-8/h3-5H,1-2H3,(H,12,15). The molecule has 78 valence electrons. The molecule has 1 amide bonds. The molecule has 0 saturated carbocycles. The second kappa shape index (κ2) is 3.55. The number of nitrogens with one attached hydrogen (secondary N) is 1. The molecule has 0 saturated heterocycles. The molecule has 0 aliphatic heterocycles. The third-order valence-corrected chi connectivity index (χ3v) is 2.46. The van der Waals surface area contributed by atoms with E-state index in [-0.39, 0.29) is 5.91 Å². The fourth-order valence-electron chi connectivity index (χ4n) is 1.46. The summed E-state index contributed by atoms with van der Waals surface area (Å²) < 4.78 is 1.69. The minimum atomic E-state index is -0.139. The van der Waals surface area contributed by atoms with Crippen molar-refractivity contribution in [2.24, 2.45) is 7.05 Å². The monoisotopic (exact) mass is 223 g/mol. The highest BCUT2D eigenvalue weighted by Crippen LogP contribution is 2.30. The van der Waals surface area contributed by atoms with Crippen LogP contribution < -0.4 is 5.32 Å². The van der Waals surface area contributed by atoms with Crippen LogP contribution in [0.25, 0.3) is 10.9 Å². The van der Waals surface area contributed by atoms with E-state index in [0.29, 0.717) is 10.7 Å². The molecule has 1 aromatic carbocycles. The number of aryl methyl sites for hydroxylation is 1. The van der Waals surface area contributed by atoms with E-state index in [1.807, 2.05) is 19.3 Å². The Balaban J connectivity index is 2.58. The van der Waals surface area contributed by atoms with Gasteiger partial charge in [0.25, 0.3) is 0 Å². The van der Waals surface area contributed by atoms with Crippen LogP contribution in [0.2, 0.25) is 5.02 Å². The number of benzene rings is 1. The molecule has 0 radical (unpaired) electrons. The van der Waals surface area contributed by atoms with Crippen molar-refractivity contribution in [3.63, 3.8) is 0 Å². The molecular weight excluding hydrogens is 214 g/mol. The smallest absolute Gasteiger partial charge is 0.221 e. The number of aromatic nitrogens is 2. The van der Waals surface area contributed by atoms with Gasteiger partial charge < -0.3 is 5.32 Å². The van der Waals surface area contributed by atoms with Gasteiger partial charge in [-0.2, -0.15) is 5.10 Å². The van der Waals surface area contributed by atoms with Crippen LogP contribution in [0, 0.1) is 0 Å². The number of rotatable bonds is 1. The van der Waals surface area contributed by atoms with Gasteiger partial charge in [-0.3, -0.25) is 9.48 Å². The third-order valence-electron chi connectivity index (χ3n) is 2.05. The summed E-state index contributed by atoms with van der Waals surface area (Å²) in [5.41, 5.74) is 1.43. The highest BCUT2D eigenvalue weighted by Gasteiger charge is 2.08. The van der Waals surface area contributed by atoms with E-state index in [2.05, 4.69) is 10.4 Å². The van der Waals surface area contributed by atoms with Crippen molar-refractivity contribution in [3.05, 3.63) is 23.4 Å². The number of anilines is 1. The summed E-state index contributed by atoms with van der Waals surface area (Å²) in [6, 6.07) is 3.57. The van der Waals surface area contributed by atoms with E-state index in [0.717, 1.165) is 10.9 Å². The predicted molar refractivity (Wildman–Crippen MR) is 60.0 cm³/mol. The van der Waals surface area contributed by atoms with Gasteiger partial charge in [0.15, 0.2) is 0 Å². The fraction of sp³-hybridized carbons (Fsp3) is 0.200. The zero-order chi connectivity index (χ0) is 11.0. The Morgan fingerprint density at radius 1 is 1.53 bits per heavy atom. The fourth-order valence-corrected chi connectivity index (χ4v) is 1.72. The van der Waals surface area contributed by atoms with Crippen molar-refractivity contribution < 1.29 is 4.79 Å². The molecule has 1 aromatic heterocycles. The van der Waals surface area contributed by atoms with E-state index in [4.69, 9.17) is 11.6 Å². The number of amides is 1. The second-order valence-corrected chi connectivity index (χ2v) is 3.72. The molecule has 1 N–H and O–H groups in total. The van der Waals surface area contributed by atoms with E-state index in [1.165, 1.54) is 6.92 Å². The summed E-state index contributed by atoms with van der Waals surface area (Å²) in [6.45, 7) is 1.45. The Labute approximate surface area is 91.8 Å². The molecule has 15 heavy (non-hydrogen) atoms. The first-order chi connectivity index (χ1) is 7.08. The number of carbonyl (C=O) groups is 1. The highest BCUT2D eigenvalue weighted by atomic mass is 35.5. The summed E-state index contributed by atoms with van der Waals surface area (Å²) in [6.07, 6.45) is 1.82. The van der Waals surface area contributed by atoms with Crippen LogP contribution in [0.4, 0.5) is 5.69 Å². The molecule has 2 rings (SSSR count). The molecule has 1 heterocycles. The van der Waals surface area contributed by atoms with Gasteiger partial charge in [0.05, 0.1) is 16.2 Å². The van der Waals surface area contributed by atoms with Gasteiger partial charge in [-0.15, -0.1) is 0 Å². The van der Waals surface area contributed by atoms with Crippen molar-refractivity contribution in [1.29, 1.82) is 0 Å². The van der Waals surface area contributed by atoms with Crippen LogP contribution in [-0.4, -0.2) is 15.7 Å². The zero-order valence-corrected chi connectivity index (χ0v) is 9.17. The van der Waals surface area contributed by atoms with Crippen molar-refractivity contribution in [1.82, 2.24) is 9.78 Å². The van der Waals surface area contributed by atoms with Gasteiger partial charge >= 0.3 is 0 Å². The summed E-state index contributed by atoms with van der Waals surface area (Å²) >= 11 is 6.13. The normalized spacial score (nSPS) is 10.6. The molecule has 0 aliphatic rings. The SMILES string of the molecule is CC(=O)Nc1ccc2nn(C)cc2c1Cl. The van der Waals surface area contributed by atoms with Gasteiger partial charge in [-0.25, -0.2) is 0 Å². The Bertz CT molecular complexity index is 533. The van der Waals surface area contributed by atoms with Crippen LogP contribution in [0.15, 0.2) is 18.3 Å². The minimum absolute atomic E-state index is 0.139. The van der Waals surface area contributed by atoms with Gasteiger partial charge in [-0.05, 0) is 12.1 Å². The first-order valence-corrected chi connectivity index (χ1v) is 4.85. The molecule has 5 heteroatoms. The molecule has 0 aliphatic carbocycles. The number of fused-ring (bicyclic) bond motifs is 1. The first kappa shape index (κ1) is 9.98. The lowest BCUT2D eigenvalue weighted by Gasteiger charge is -2.04. The van der Waals surface area contributed by atoms with Gasteiger partial charge in [0.1, 0.15) is 0 Å². The maximum atomic E-state index is 10.9. The lowest BCUT2D eigenvalue weighted by atomic mass is 10.2. The molecule has 4 nitrogen and oxygen atoms in total. The third kappa shape index (κ3) is 1.80. The lowest BCUT2D eigenvalue weighted by Crippen LogP contribution is -2.05. The quantitative estimate of drug-likeness (QED) is 0.806. The molecule has 2 aromatic rings. The van der Waals surface area contributed by atoms with Crippen molar-refractivity contribution in [3.8, 4) is 0 Å². The first-order valence-electron chi connectivity index (χ1n) is 4.47. The predicted octanol–water partition coefficient (Wildman–Crippen LogP) is 2.19. The maximum absolute atomic E-state index is 10.9. The van der Waals surface area contributed by atoms with Gasteiger partial charge in [-0.1, -0.05) is 11.6 Å². The minimum Gasteiger partial charge on any atom is -0.325 e. The van der Waals surface area contributed by atoms with Crippen molar-refractivity contribution >= 4 is 34.1 Å². The van der Waals surface area contributed by atoms with E-state index in [9.17, 15) is 4.79 Å². The zero-order valence-electron chi connectivity index (χ0n) is 8.41. The summed E-state index contributed by atoms with van der Waals surface area (Å²) in [5.74, 6) is -0.139. The van der Waals surface area contributed by atoms with Crippen molar-refractivity contribution in [2.45, 2.75) is 6.92 Å². The van der Waals surface area contributed by atoms with Crippen LogP contribution in [0.5, 0.6) is 0 Å².